The second-order valence-electron chi connectivity index (χ2n) is 3.89. The Morgan fingerprint density at radius 2 is 2.11 bits per heavy atom. The number of rotatable bonds is 3. The Kier molecular flexibility index (Phi) is 3.32. The van der Waals surface area contributed by atoms with E-state index in [4.69, 9.17) is 5.11 Å². The van der Waals surface area contributed by atoms with Gasteiger partial charge in [-0.15, -0.1) is 0 Å². The van der Waals surface area contributed by atoms with Crippen LogP contribution in [0.3, 0.4) is 0 Å². The fraction of sp³-hybridized carbons (Fsp3) is 0.154. The van der Waals surface area contributed by atoms with Crippen molar-refractivity contribution in [3.8, 4) is 11.3 Å². The maximum Gasteiger partial charge on any atom is 0.311 e. The van der Waals surface area contributed by atoms with Crippen LogP contribution < -0.4 is 0 Å². The molecule has 1 heterocycles. The summed E-state index contributed by atoms with van der Waals surface area (Å²) in [5.74, 6) is -1.13. The summed E-state index contributed by atoms with van der Waals surface area (Å²) in [7, 11) is 0. The molecule has 0 amide bonds. The molecule has 92 valence electrons. The molecule has 4 nitrogen and oxygen atoms in total. The van der Waals surface area contributed by atoms with Crippen molar-refractivity contribution < 1.29 is 14.3 Å². The second-order valence-corrected chi connectivity index (χ2v) is 3.89. The van der Waals surface area contributed by atoms with Gasteiger partial charge in [-0.25, -0.2) is 14.4 Å². The summed E-state index contributed by atoms with van der Waals surface area (Å²) in [6.07, 6.45) is -0.246. The van der Waals surface area contributed by atoms with E-state index in [0.717, 1.165) is 0 Å². The molecule has 5 heteroatoms. The minimum atomic E-state index is -0.995. The lowest BCUT2D eigenvalue weighted by molar-refractivity contribution is -0.136. The lowest BCUT2D eigenvalue weighted by Crippen LogP contribution is -2.06. The molecule has 0 aliphatic carbocycles. The highest BCUT2D eigenvalue weighted by molar-refractivity contribution is 5.69. The molecule has 2 rings (SSSR count). The molecule has 0 saturated heterocycles. The predicted molar refractivity (Wildman–Crippen MR) is 63.5 cm³/mol. The summed E-state index contributed by atoms with van der Waals surface area (Å²) < 4.78 is 13.1. The zero-order valence-corrected chi connectivity index (χ0v) is 9.72. The van der Waals surface area contributed by atoms with E-state index in [1.807, 2.05) is 0 Å². The van der Waals surface area contributed by atoms with Crippen LogP contribution in [0.25, 0.3) is 11.3 Å². The number of aryl methyl sites for hydroxylation is 1. The summed E-state index contributed by atoms with van der Waals surface area (Å²) in [6, 6.07) is 7.69. The molecule has 0 spiro atoms. The monoisotopic (exact) mass is 246 g/mol. The van der Waals surface area contributed by atoms with Crippen LogP contribution in [-0.2, 0) is 11.2 Å². The Morgan fingerprint density at radius 3 is 2.78 bits per heavy atom. The summed E-state index contributed by atoms with van der Waals surface area (Å²) in [5.41, 5.74) is 1.78. The van der Waals surface area contributed by atoms with Crippen molar-refractivity contribution >= 4 is 5.97 Å². The van der Waals surface area contributed by atoms with Gasteiger partial charge in [0.15, 0.2) is 0 Å². The Balaban J connectivity index is 2.44. The number of halogens is 1. The van der Waals surface area contributed by atoms with Crippen molar-refractivity contribution in [2.75, 3.05) is 0 Å². The molecule has 0 radical (unpaired) electrons. The first kappa shape index (κ1) is 12.2. The quantitative estimate of drug-likeness (QED) is 0.901. The smallest absolute Gasteiger partial charge is 0.311 e. The molecule has 0 unspecified atom stereocenters. The number of aromatic nitrogens is 2. The minimum Gasteiger partial charge on any atom is -0.481 e. The molecule has 1 aromatic heterocycles. The molecule has 1 aromatic carbocycles. The van der Waals surface area contributed by atoms with Gasteiger partial charge in [0.2, 0.25) is 0 Å². The largest absolute Gasteiger partial charge is 0.481 e. The number of carboxylic acid groups (broad SMARTS) is 1. The number of carbonyl (C=O) groups is 1. The summed E-state index contributed by atoms with van der Waals surface area (Å²) >= 11 is 0. The SMILES string of the molecule is Cc1cc(-c2cccc(F)c2)nc(CC(=O)O)n1. The van der Waals surface area contributed by atoms with E-state index >= 15 is 0 Å². The van der Waals surface area contributed by atoms with Gasteiger partial charge in [0.1, 0.15) is 18.1 Å². The normalized spacial score (nSPS) is 10.3. The number of benzene rings is 1. The Bertz CT molecular complexity index is 599. The molecule has 1 N–H and O–H groups in total. The van der Waals surface area contributed by atoms with Crippen molar-refractivity contribution in [1.82, 2.24) is 9.97 Å². The molecule has 0 aliphatic rings. The molecular weight excluding hydrogens is 235 g/mol. The predicted octanol–water partition coefficient (Wildman–Crippen LogP) is 2.22. The van der Waals surface area contributed by atoms with E-state index < -0.39 is 5.97 Å². The van der Waals surface area contributed by atoms with E-state index in [-0.39, 0.29) is 18.1 Å². The Morgan fingerprint density at radius 1 is 1.33 bits per heavy atom. The van der Waals surface area contributed by atoms with Gasteiger partial charge < -0.3 is 5.11 Å². The highest BCUT2D eigenvalue weighted by Crippen LogP contribution is 2.18. The van der Waals surface area contributed by atoms with Crippen molar-refractivity contribution in [2.45, 2.75) is 13.3 Å². The molecule has 0 atom stereocenters. The van der Waals surface area contributed by atoms with Gasteiger partial charge in [-0.3, -0.25) is 4.79 Å². The van der Waals surface area contributed by atoms with E-state index in [1.54, 1.807) is 25.1 Å². The van der Waals surface area contributed by atoms with E-state index in [1.165, 1.54) is 12.1 Å². The number of hydrogen-bond donors (Lipinski definition) is 1. The first-order chi connectivity index (χ1) is 8.54. The lowest BCUT2D eigenvalue weighted by atomic mass is 10.1. The Hall–Kier alpha value is -2.30. The molecule has 0 fully saturated rings. The maximum absolute atomic E-state index is 13.1. The molecule has 0 aliphatic heterocycles. The van der Waals surface area contributed by atoms with Crippen molar-refractivity contribution in [3.63, 3.8) is 0 Å². The fourth-order valence-corrected chi connectivity index (χ4v) is 1.64. The van der Waals surface area contributed by atoms with Gasteiger partial charge in [0.25, 0.3) is 0 Å². The van der Waals surface area contributed by atoms with Crippen LogP contribution in [0.15, 0.2) is 30.3 Å². The zero-order chi connectivity index (χ0) is 13.1. The minimum absolute atomic E-state index is 0.224. The number of nitrogens with zero attached hydrogens (tertiary/aromatic N) is 2. The highest BCUT2D eigenvalue weighted by Gasteiger charge is 2.08. The third-order valence-electron chi connectivity index (χ3n) is 2.33. The van der Waals surface area contributed by atoms with E-state index in [2.05, 4.69) is 9.97 Å². The fourth-order valence-electron chi connectivity index (χ4n) is 1.64. The van der Waals surface area contributed by atoms with Crippen LogP contribution in [0, 0.1) is 12.7 Å². The van der Waals surface area contributed by atoms with E-state index in [9.17, 15) is 9.18 Å². The van der Waals surface area contributed by atoms with Gasteiger partial charge in [0, 0.05) is 11.3 Å². The topological polar surface area (TPSA) is 63.1 Å². The van der Waals surface area contributed by atoms with Crippen LogP contribution in [0.5, 0.6) is 0 Å². The first-order valence-corrected chi connectivity index (χ1v) is 5.37. The van der Waals surface area contributed by atoms with Crippen molar-refractivity contribution in [1.29, 1.82) is 0 Å². The summed E-state index contributed by atoms with van der Waals surface area (Å²) in [6.45, 7) is 1.75. The standard InChI is InChI=1S/C13H11FN2O2/c1-8-5-11(9-3-2-4-10(14)6-9)16-12(15-8)7-13(17)18/h2-6H,7H2,1H3,(H,17,18). The van der Waals surface area contributed by atoms with Gasteiger partial charge in [0.05, 0.1) is 5.69 Å². The third-order valence-corrected chi connectivity index (χ3v) is 2.33. The number of aliphatic carboxylic acids is 1. The van der Waals surface area contributed by atoms with Crippen molar-refractivity contribution in [3.05, 3.63) is 47.7 Å². The first-order valence-electron chi connectivity index (χ1n) is 5.37. The van der Waals surface area contributed by atoms with Crippen LogP contribution in [0.4, 0.5) is 4.39 Å². The van der Waals surface area contributed by atoms with Crippen LogP contribution in [0.2, 0.25) is 0 Å². The molecule has 2 aromatic rings. The average molecular weight is 246 g/mol. The van der Waals surface area contributed by atoms with Crippen LogP contribution >= 0.6 is 0 Å². The summed E-state index contributed by atoms with van der Waals surface area (Å²) in [4.78, 5) is 18.8. The highest BCUT2D eigenvalue weighted by atomic mass is 19.1. The van der Waals surface area contributed by atoms with Crippen molar-refractivity contribution in [2.24, 2.45) is 0 Å². The van der Waals surface area contributed by atoms with Crippen LogP contribution in [0.1, 0.15) is 11.5 Å². The molecule has 0 saturated carbocycles. The average Bonchev–Trinajstić information content (AvgIpc) is 2.27. The van der Waals surface area contributed by atoms with Crippen LogP contribution in [-0.4, -0.2) is 21.0 Å². The number of hydrogen-bond acceptors (Lipinski definition) is 3. The second kappa shape index (κ2) is 4.91. The van der Waals surface area contributed by atoms with Gasteiger partial charge in [-0.2, -0.15) is 0 Å². The molecular formula is C13H11FN2O2. The molecule has 0 bridgehead atoms. The lowest BCUT2D eigenvalue weighted by Gasteiger charge is -2.05. The third kappa shape index (κ3) is 2.88. The Labute approximate surface area is 103 Å². The zero-order valence-electron chi connectivity index (χ0n) is 9.72. The maximum atomic E-state index is 13.1. The van der Waals surface area contributed by atoms with Gasteiger partial charge in [-0.05, 0) is 25.1 Å². The van der Waals surface area contributed by atoms with Gasteiger partial charge >= 0.3 is 5.97 Å². The van der Waals surface area contributed by atoms with Gasteiger partial charge in [-0.1, -0.05) is 12.1 Å². The van der Waals surface area contributed by atoms with E-state index in [0.29, 0.717) is 17.0 Å². The summed E-state index contributed by atoms with van der Waals surface area (Å²) in [5, 5.41) is 8.72. The number of carboxylic acids is 1. The molecule has 18 heavy (non-hydrogen) atoms.